The molecule has 0 saturated heterocycles. The van der Waals surface area contributed by atoms with Gasteiger partial charge in [0.15, 0.2) is 0 Å². The van der Waals surface area contributed by atoms with Crippen LogP contribution in [0.15, 0.2) is 36.9 Å². The van der Waals surface area contributed by atoms with Crippen molar-refractivity contribution < 1.29 is 4.84 Å². The molecule has 1 aromatic heterocycles. The van der Waals surface area contributed by atoms with Gasteiger partial charge in [0.1, 0.15) is 11.9 Å². The quantitative estimate of drug-likeness (QED) is 0.708. The predicted octanol–water partition coefficient (Wildman–Crippen LogP) is 1.29. The first-order chi connectivity index (χ1) is 6.95. The topological polar surface area (TPSA) is 53.2 Å². The minimum atomic E-state index is 0.932. The van der Waals surface area contributed by atoms with Gasteiger partial charge in [-0.15, -0.1) is 5.17 Å². The summed E-state index contributed by atoms with van der Waals surface area (Å²) in [4.78, 5) is 5.22. The smallest absolute Gasteiger partial charge is 0.139 e. The maximum Gasteiger partial charge on any atom is 0.139 e. The van der Waals surface area contributed by atoms with Crippen molar-refractivity contribution in [3.05, 3.63) is 36.9 Å². The number of aromatic nitrogens is 2. The van der Waals surface area contributed by atoms with Crippen molar-refractivity contribution >= 4 is 16.6 Å². The summed E-state index contributed by atoms with van der Waals surface area (Å²) < 4.78 is 0. The highest BCUT2D eigenvalue weighted by molar-refractivity contribution is 5.90. The Balaban J connectivity index is 2.15. The van der Waals surface area contributed by atoms with Crippen LogP contribution in [-0.2, 0) is 4.84 Å². The van der Waals surface area contributed by atoms with Gasteiger partial charge in [-0.05, 0) is 12.1 Å². The number of aromatic amines is 1. The molecule has 0 bridgehead atoms. The molecular weight excluding hydrogens is 180 g/mol. The third-order valence-electron chi connectivity index (χ3n) is 2.11. The maximum absolute atomic E-state index is 5.22. The summed E-state index contributed by atoms with van der Waals surface area (Å²) in [6.45, 7) is 0. The lowest BCUT2D eigenvalue weighted by Gasteiger charge is -2.16. The fraction of sp³-hybridized carbons (Fsp3) is 0. The van der Waals surface area contributed by atoms with E-state index in [1.165, 1.54) is 0 Å². The van der Waals surface area contributed by atoms with Gasteiger partial charge in [-0.2, -0.15) is 5.10 Å². The summed E-state index contributed by atoms with van der Waals surface area (Å²) in [7, 11) is 0. The zero-order valence-electron chi connectivity index (χ0n) is 7.27. The molecule has 0 unspecified atom stereocenters. The normalized spacial score (nSPS) is 14.4. The van der Waals surface area contributed by atoms with E-state index in [0.29, 0.717) is 0 Å². The van der Waals surface area contributed by atoms with Gasteiger partial charge in [-0.3, -0.25) is 10.5 Å². The van der Waals surface area contributed by atoms with Crippen LogP contribution in [0.2, 0.25) is 0 Å². The first kappa shape index (κ1) is 7.25. The summed E-state index contributed by atoms with van der Waals surface area (Å²) in [6.07, 6.45) is 5.08. The van der Waals surface area contributed by atoms with Crippen LogP contribution >= 0.6 is 0 Å². The van der Waals surface area contributed by atoms with Gasteiger partial charge in [-0.1, -0.05) is 6.07 Å². The molecule has 0 aliphatic carbocycles. The van der Waals surface area contributed by atoms with E-state index < -0.39 is 0 Å². The lowest BCUT2D eigenvalue weighted by atomic mass is 10.2. The molecule has 0 fully saturated rings. The SMILES string of the molecule is C1=CON(c2cccc3[nH]ncc23)N1. The number of benzene rings is 1. The van der Waals surface area contributed by atoms with E-state index in [1.54, 1.807) is 23.8 Å². The third-order valence-corrected chi connectivity index (χ3v) is 2.11. The standard InChI is InChI=1S/C9H8N4O/c1-2-8-7(6-10-12-8)9(3-1)13-11-4-5-14-13/h1-6,11H,(H,10,12). The number of hydrazine groups is 1. The van der Waals surface area contributed by atoms with Crippen LogP contribution in [0, 0.1) is 0 Å². The van der Waals surface area contributed by atoms with Crippen LogP contribution < -0.4 is 10.6 Å². The number of rotatable bonds is 1. The molecule has 0 amide bonds. The Kier molecular flexibility index (Phi) is 1.38. The molecule has 2 aromatic rings. The van der Waals surface area contributed by atoms with Crippen LogP contribution in [-0.4, -0.2) is 10.2 Å². The minimum absolute atomic E-state index is 0.932. The Bertz CT molecular complexity index is 482. The fourth-order valence-corrected chi connectivity index (χ4v) is 1.48. The van der Waals surface area contributed by atoms with Gasteiger partial charge in [0, 0.05) is 5.39 Å². The number of nitrogens with one attached hydrogen (secondary N) is 2. The fourth-order valence-electron chi connectivity index (χ4n) is 1.48. The van der Waals surface area contributed by atoms with Crippen molar-refractivity contribution in [2.45, 2.75) is 0 Å². The predicted molar refractivity (Wildman–Crippen MR) is 51.9 cm³/mol. The lowest BCUT2D eigenvalue weighted by molar-refractivity contribution is 0.222. The highest BCUT2D eigenvalue weighted by Crippen LogP contribution is 2.25. The molecule has 14 heavy (non-hydrogen) atoms. The van der Waals surface area contributed by atoms with Gasteiger partial charge in [0.25, 0.3) is 0 Å². The third kappa shape index (κ3) is 0.922. The molecule has 3 rings (SSSR count). The van der Waals surface area contributed by atoms with E-state index in [2.05, 4.69) is 15.6 Å². The van der Waals surface area contributed by atoms with E-state index in [1.807, 2.05) is 18.2 Å². The molecule has 1 aromatic carbocycles. The summed E-state index contributed by atoms with van der Waals surface area (Å²) in [5.41, 5.74) is 4.86. The Morgan fingerprint density at radius 1 is 1.36 bits per heavy atom. The summed E-state index contributed by atoms with van der Waals surface area (Å²) in [5.74, 6) is 0. The van der Waals surface area contributed by atoms with Crippen LogP contribution in [0.5, 0.6) is 0 Å². The van der Waals surface area contributed by atoms with Crippen LogP contribution in [0.25, 0.3) is 10.9 Å². The average Bonchev–Trinajstić information content (AvgIpc) is 2.88. The van der Waals surface area contributed by atoms with Crippen molar-refractivity contribution in [1.29, 1.82) is 0 Å². The minimum Gasteiger partial charge on any atom is -0.366 e. The van der Waals surface area contributed by atoms with E-state index >= 15 is 0 Å². The number of anilines is 1. The Hall–Kier alpha value is -2.17. The molecule has 5 nitrogen and oxygen atoms in total. The first-order valence-electron chi connectivity index (χ1n) is 4.25. The molecule has 2 heterocycles. The number of hydrogen-bond acceptors (Lipinski definition) is 4. The molecule has 2 N–H and O–H groups in total. The highest BCUT2D eigenvalue weighted by Gasteiger charge is 2.12. The molecule has 1 aliphatic heterocycles. The average molecular weight is 188 g/mol. The van der Waals surface area contributed by atoms with E-state index in [4.69, 9.17) is 4.84 Å². The van der Waals surface area contributed by atoms with Crippen molar-refractivity contribution in [3.8, 4) is 0 Å². The Morgan fingerprint density at radius 3 is 3.21 bits per heavy atom. The molecule has 5 heteroatoms. The van der Waals surface area contributed by atoms with E-state index in [-0.39, 0.29) is 0 Å². The second-order valence-electron chi connectivity index (χ2n) is 2.94. The molecule has 0 spiro atoms. The van der Waals surface area contributed by atoms with Crippen molar-refractivity contribution in [3.63, 3.8) is 0 Å². The lowest BCUT2D eigenvalue weighted by Crippen LogP contribution is -2.27. The number of hydrogen-bond donors (Lipinski definition) is 2. The van der Waals surface area contributed by atoms with Crippen molar-refractivity contribution in [2.75, 3.05) is 5.17 Å². The summed E-state index contributed by atoms with van der Waals surface area (Å²) in [5, 5.41) is 9.48. The van der Waals surface area contributed by atoms with Gasteiger partial charge in [0.2, 0.25) is 0 Å². The highest BCUT2D eigenvalue weighted by atomic mass is 16.7. The number of fused-ring (bicyclic) bond motifs is 1. The molecule has 1 aliphatic rings. The van der Waals surface area contributed by atoms with Crippen LogP contribution in [0.3, 0.4) is 0 Å². The van der Waals surface area contributed by atoms with E-state index in [0.717, 1.165) is 16.6 Å². The zero-order valence-corrected chi connectivity index (χ0v) is 7.27. The maximum atomic E-state index is 5.22. The summed E-state index contributed by atoms with van der Waals surface area (Å²) >= 11 is 0. The molecule has 0 radical (unpaired) electrons. The van der Waals surface area contributed by atoms with Crippen molar-refractivity contribution in [1.82, 2.24) is 15.6 Å². The molecule has 0 saturated carbocycles. The monoisotopic (exact) mass is 188 g/mol. The second-order valence-corrected chi connectivity index (χ2v) is 2.94. The van der Waals surface area contributed by atoms with Gasteiger partial charge in [0.05, 0.1) is 17.9 Å². The first-order valence-corrected chi connectivity index (χ1v) is 4.25. The van der Waals surface area contributed by atoms with Gasteiger partial charge in [-0.25, -0.2) is 0 Å². The number of nitrogens with zero attached hydrogens (tertiary/aromatic N) is 2. The van der Waals surface area contributed by atoms with Gasteiger partial charge >= 0.3 is 0 Å². The molecule has 0 atom stereocenters. The second kappa shape index (κ2) is 2.66. The largest absolute Gasteiger partial charge is 0.366 e. The van der Waals surface area contributed by atoms with Gasteiger partial charge < -0.3 is 4.84 Å². The van der Waals surface area contributed by atoms with Crippen molar-refractivity contribution in [2.24, 2.45) is 0 Å². The molecule has 70 valence electrons. The molecular formula is C9H8N4O. The van der Waals surface area contributed by atoms with Crippen LogP contribution in [0.1, 0.15) is 0 Å². The zero-order chi connectivity index (χ0) is 9.38. The number of H-pyrrole nitrogens is 1. The van der Waals surface area contributed by atoms with E-state index in [9.17, 15) is 0 Å². The summed E-state index contributed by atoms with van der Waals surface area (Å²) in [6, 6.07) is 5.87. The Labute approximate surface area is 79.9 Å². The van der Waals surface area contributed by atoms with Crippen LogP contribution in [0.4, 0.5) is 5.69 Å². The Morgan fingerprint density at radius 2 is 2.36 bits per heavy atom.